The van der Waals surface area contributed by atoms with Crippen LogP contribution in [0.25, 0.3) is 0 Å². The van der Waals surface area contributed by atoms with Crippen molar-refractivity contribution in [1.82, 2.24) is 10.2 Å². The van der Waals surface area contributed by atoms with Gasteiger partial charge < -0.3 is 15.0 Å². The number of likely N-dealkylation sites (tertiary alicyclic amines) is 1. The zero-order valence-corrected chi connectivity index (χ0v) is 14.0. The standard InChI is InChI=1S/C18H28N2O2/c1-4-16(22-17-10-6-5-8-14(17)2)18(21)20-11-7-9-15(13-20)12-19-3/h5-6,8,10,15-16,19H,4,7,9,11-13H2,1-3H3. The smallest absolute Gasteiger partial charge is 0.263 e. The molecule has 1 aromatic carbocycles. The number of ether oxygens (including phenoxy) is 1. The molecule has 1 saturated heterocycles. The number of hydrogen-bond donors (Lipinski definition) is 1. The number of aryl methyl sites for hydroxylation is 1. The van der Waals surface area contributed by atoms with Crippen LogP contribution in [-0.4, -0.2) is 43.6 Å². The summed E-state index contributed by atoms with van der Waals surface area (Å²) >= 11 is 0. The third kappa shape index (κ3) is 4.23. The molecule has 2 atom stereocenters. The SMILES string of the molecule is CCC(Oc1ccccc1C)C(=O)N1CCCC(CNC)C1. The van der Waals surface area contributed by atoms with Gasteiger partial charge in [0.1, 0.15) is 5.75 Å². The molecule has 1 amide bonds. The highest BCUT2D eigenvalue weighted by Gasteiger charge is 2.29. The molecule has 2 unspecified atom stereocenters. The first-order chi connectivity index (χ1) is 10.7. The first-order valence-corrected chi connectivity index (χ1v) is 8.31. The van der Waals surface area contributed by atoms with Gasteiger partial charge in [0.2, 0.25) is 0 Å². The van der Waals surface area contributed by atoms with Crippen LogP contribution in [-0.2, 0) is 4.79 Å². The van der Waals surface area contributed by atoms with Gasteiger partial charge >= 0.3 is 0 Å². The van der Waals surface area contributed by atoms with Crippen molar-refractivity contribution >= 4 is 5.91 Å². The molecule has 122 valence electrons. The predicted molar refractivity (Wildman–Crippen MR) is 89.1 cm³/mol. The normalized spacial score (nSPS) is 19.8. The molecule has 4 heteroatoms. The van der Waals surface area contributed by atoms with Crippen LogP contribution < -0.4 is 10.1 Å². The Hall–Kier alpha value is -1.55. The van der Waals surface area contributed by atoms with Crippen molar-refractivity contribution < 1.29 is 9.53 Å². The topological polar surface area (TPSA) is 41.6 Å². The summed E-state index contributed by atoms with van der Waals surface area (Å²) in [7, 11) is 1.97. The van der Waals surface area contributed by atoms with E-state index in [1.165, 1.54) is 6.42 Å². The van der Waals surface area contributed by atoms with Crippen molar-refractivity contribution in [3.63, 3.8) is 0 Å². The Morgan fingerprint density at radius 1 is 1.45 bits per heavy atom. The van der Waals surface area contributed by atoms with Gasteiger partial charge in [-0.3, -0.25) is 4.79 Å². The van der Waals surface area contributed by atoms with E-state index in [4.69, 9.17) is 4.74 Å². The zero-order valence-electron chi connectivity index (χ0n) is 14.0. The summed E-state index contributed by atoms with van der Waals surface area (Å²) in [5, 5.41) is 3.22. The minimum atomic E-state index is -0.380. The van der Waals surface area contributed by atoms with E-state index < -0.39 is 0 Å². The maximum absolute atomic E-state index is 12.8. The highest BCUT2D eigenvalue weighted by atomic mass is 16.5. The van der Waals surface area contributed by atoms with Crippen LogP contribution in [0.3, 0.4) is 0 Å². The van der Waals surface area contributed by atoms with Crippen LogP contribution in [0.15, 0.2) is 24.3 Å². The molecule has 0 saturated carbocycles. The molecule has 2 rings (SSSR count). The van der Waals surface area contributed by atoms with Crippen LogP contribution in [0.2, 0.25) is 0 Å². The van der Waals surface area contributed by atoms with Crippen LogP contribution in [0.4, 0.5) is 0 Å². The van der Waals surface area contributed by atoms with Gasteiger partial charge in [0, 0.05) is 13.1 Å². The molecular formula is C18H28N2O2. The molecule has 1 aliphatic rings. The maximum atomic E-state index is 12.8. The highest BCUT2D eigenvalue weighted by Crippen LogP contribution is 2.22. The van der Waals surface area contributed by atoms with Gasteiger partial charge in [0.15, 0.2) is 6.10 Å². The lowest BCUT2D eigenvalue weighted by atomic mass is 9.97. The number of nitrogens with one attached hydrogen (secondary N) is 1. The monoisotopic (exact) mass is 304 g/mol. The van der Waals surface area contributed by atoms with Gasteiger partial charge in [-0.25, -0.2) is 0 Å². The van der Waals surface area contributed by atoms with Gasteiger partial charge in [-0.05, 0) is 57.3 Å². The number of carbonyl (C=O) groups is 1. The lowest BCUT2D eigenvalue weighted by Gasteiger charge is -2.34. The van der Waals surface area contributed by atoms with Crippen LogP contribution in [0.5, 0.6) is 5.75 Å². The number of piperidine rings is 1. The minimum Gasteiger partial charge on any atom is -0.480 e. The van der Waals surface area contributed by atoms with Crippen molar-refractivity contribution in [1.29, 1.82) is 0 Å². The van der Waals surface area contributed by atoms with E-state index in [9.17, 15) is 4.79 Å². The van der Waals surface area contributed by atoms with E-state index in [1.807, 2.05) is 50.1 Å². The van der Waals surface area contributed by atoms with Crippen LogP contribution >= 0.6 is 0 Å². The minimum absolute atomic E-state index is 0.131. The molecule has 1 fully saturated rings. The number of benzene rings is 1. The summed E-state index contributed by atoms with van der Waals surface area (Å²) in [6, 6.07) is 7.88. The van der Waals surface area contributed by atoms with Crippen molar-refractivity contribution in [2.75, 3.05) is 26.7 Å². The molecule has 0 aromatic heterocycles. The second kappa shape index (κ2) is 8.18. The summed E-state index contributed by atoms with van der Waals surface area (Å²) in [5.74, 6) is 1.50. The summed E-state index contributed by atoms with van der Waals surface area (Å²) in [6.07, 6.45) is 2.59. The van der Waals surface area contributed by atoms with E-state index in [0.29, 0.717) is 12.3 Å². The maximum Gasteiger partial charge on any atom is 0.263 e. The third-order valence-corrected chi connectivity index (χ3v) is 4.33. The number of rotatable bonds is 6. The Kier molecular flexibility index (Phi) is 6.25. The van der Waals surface area contributed by atoms with E-state index in [-0.39, 0.29) is 12.0 Å². The Labute approximate surface area is 133 Å². The van der Waals surface area contributed by atoms with Crippen LogP contribution in [0, 0.1) is 12.8 Å². The molecule has 1 aromatic rings. The zero-order chi connectivity index (χ0) is 15.9. The Morgan fingerprint density at radius 3 is 2.91 bits per heavy atom. The number of nitrogens with zero attached hydrogens (tertiary/aromatic N) is 1. The largest absolute Gasteiger partial charge is 0.480 e. The van der Waals surface area contributed by atoms with E-state index in [2.05, 4.69) is 5.32 Å². The fourth-order valence-electron chi connectivity index (χ4n) is 3.07. The molecule has 1 heterocycles. The van der Waals surface area contributed by atoms with Crippen molar-refractivity contribution in [2.24, 2.45) is 5.92 Å². The highest BCUT2D eigenvalue weighted by molar-refractivity contribution is 5.81. The fourth-order valence-corrected chi connectivity index (χ4v) is 3.07. The van der Waals surface area contributed by atoms with Gasteiger partial charge in [0.05, 0.1) is 0 Å². The average molecular weight is 304 g/mol. The molecular weight excluding hydrogens is 276 g/mol. The molecule has 0 aliphatic carbocycles. The van der Waals surface area contributed by atoms with Crippen molar-refractivity contribution in [2.45, 2.75) is 39.2 Å². The number of amides is 1. The predicted octanol–water partition coefficient (Wildman–Crippen LogP) is 2.61. The molecule has 1 aliphatic heterocycles. The molecule has 0 spiro atoms. The first kappa shape index (κ1) is 16.8. The fraction of sp³-hybridized carbons (Fsp3) is 0.611. The number of carbonyl (C=O) groups excluding carboxylic acids is 1. The van der Waals surface area contributed by atoms with Crippen molar-refractivity contribution in [3.05, 3.63) is 29.8 Å². The summed E-state index contributed by atoms with van der Waals surface area (Å²) < 4.78 is 6.00. The summed E-state index contributed by atoms with van der Waals surface area (Å²) in [4.78, 5) is 14.8. The molecule has 0 radical (unpaired) electrons. The van der Waals surface area contributed by atoms with Crippen LogP contribution in [0.1, 0.15) is 31.7 Å². The average Bonchev–Trinajstić information content (AvgIpc) is 2.54. The summed E-state index contributed by atoms with van der Waals surface area (Å²) in [5.41, 5.74) is 1.07. The Balaban J connectivity index is 2.00. The van der Waals surface area contributed by atoms with Gasteiger partial charge in [-0.1, -0.05) is 25.1 Å². The number of hydrogen-bond acceptors (Lipinski definition) is 3. The Morgan fingerprint density at radius 2 is 2.23 bits per heavy atom. The molecule has 1 N–H and O–H groups in total. The van der Waals surface area contributed by atoms with Gasteiger partial charge in [0.25, 0.3) is 5.91 Å². The Bertz CT molecular complexity index is 488. The summed E-state index contributed by atoms with van der Waals surface area (Å²) in [6.45, 7) is 6.69. The number of para-hydroxylation sites is 1. The van der Waals surface area contributed by atoms with Gasteiger partial charge in [-0.15, -0.1) is 0 Å². The van der Waals surface area contributed by atoms with E-state index >= 15 is 0 Å². The van der Waals surface area contributed by atoms with E-state index in [1.54, 1.807) is 0 Å². The second-order valence-electron chi connectivity index (χ2n) is 6.13. The lowest BCUT2D eigenvalue weighted by Crippen LogP contribution is -2.48. The molecule has 4 nitrogen and oxygen atoms in total. The first-order valence-electron chi connectivity index (χ1n) is 8.31. The van der Waals surface area contributed by atoms with Crippen molar-refractivity contribution in [3.8, 4) is 5.75 Å². The third-order valence-electron chi connectivity index (χ3n) is 4.33. The van der Waals surface area contributed by atoms with Gasteiger partial charge in [-0.2, -0.15) is 0 Å². The molecule has 0 bridgehead atoms. The second-order valence-corrected chi connectivity index (χ2v) is 6.13. The van der Waals surface area contributed by atoms with E-state index in [0.717, 1.165) is 37.4 Å². The molecule has 22 heavy (non-hydrogen) atoms. The lowest BCUT2D eigenvalue weighted by molar-refractivity contribution is -0.140. The quantitative estimate of drug-likeness (QED) is 0.878.